The number of methoxy groups -OCH3 is 1. The Hall–Kier alpha value is -1.55. The van der Waals surface area contributed by atoms with E-state index in [9.17, 15) is 4.79 Å². The molecule has 0 bridgehead atoms. The zero-order chi connectivity index (χ0) is 12.7. The van der Waals surface area contributed by atoms with Gasteiger partial charge in [-0.2, -0.15) is 0 Å². The van der Waals surface area contributed by atoms with Gasteiger partial charge in [0.15, 0.2) is 0 Å². The highest BCUT2D eigenvalue weighted by molar-refractivity contribution is 5.95. The lowest BCUT2D eigenvalue weighted by Crippen LogP contribution is -2.40. The molecular weight excluding hydrogens is 228 g/mol. The molecule has 2 aliphatic rings. The van der Waals surface area contributed by atoms with Crippen molar-refractivity contribution in [2.75, 3.05) is 31.6 Å². The Kier molecular flexibility index (Phi) is 2.74. The first kappa shape index (κ1) is 11.5. The van der Waals surface area contributed by atoms with Crippen LogP contribution in [0.2, 0.25) is 0 Å². The van der Waals surface area contributed by atoms with Crippen LogP contribution in [0.15, 0.2) is 18.2 Å². The van der Waals surface area contributed by atoms with Crippen molar-refractivity contribution in [3.8, 4) is 5.75 Å². The molecule has 1 aromatic rings. The third-order valence-electron chi connectivity index (χ3n) is 4.06. The minimum atomic E-state index is 0.0890. The number of carbonyl (C=O) groups is 1. The second kappa shape index (κ2) is 4.28. The van der Waals surface area contributed by atoms with Gasteiger partial charge in [0.2, 0.25) is 5.91 Å². The van der Waals surface area contributed by atoms with E-state index in [0.29, 0.717) is 11.8 Å². The first-order valence-electron chi connectivity index (χ1n) is 6.38. The molecule has 2 atom stereocenters. The summed E-state index contributed by atoms with van der Waals surface area (Å²) >= 11 is 0. The van der Waals surface area contributed by atoms with Crippen molar-refractivity contribution in [3.05, 3.63) is 23.8 Å². The third-order valence-corrected chi connectivity index (χ3v) is 4.06. The summed E-state index contributed by atoms with van der Waals surface area (Å²) < 4.78 is 5.43. The highest BCUT2D eigenvalue weighted by atomic mass is 16.5. The molecule has 0 spiro atoms. The molecule has 96 valence electrons. The van der Waals surface area contributed by atoms with Gasteiger partial charge in [0, 0.05) is 32.5 Å². The fourth-order valence-electron chi connectivity index (χ4n) is 3.19. The molecule has 1 saturated heterocycles. The van der Waals surface area contributed by atoms with Crippen LogP contribution >= 0.6 is 0 Å². The number of hydrogen-bond acceptors (Lipinski definition) is 3. The quantitative estimate of drug-likeness (QED) is 0.813. The molecule has 0 radical (unpaired) electrons. The molecule has 0 saturated carbocycles. The van der Waals surface area contributed by atoms with Gasteiger partial charge in [0.1, 0.15) is 5.75 Å². The Morgan fingerprint density at radius 3 is 3.00 bits per heavy atom. The number of nitrogens with one attached hydrogen (secondary N) is 1. The number of para-hydroxylation sites is 1. The van der Waals surface area contributed by atoms with Gasteiger partial charge >= 0.3 is 0 Å². The number of hydrogen-bond donors (Lipinski definition) is 1. The van der Waals surface area contributed by atoms with Crippen LogP contribution in [-0.4, -0.2) is 32.7 Å². The molecule has 2 aliphatic heterocycles. The number of amides is 1. The number of fused-ring (bicyclic) bond motifs is 3. The molecule has 0 unspecified atom stereocenters. The molecule has 4 heteroatoms. The molecule has 2 heterocycles. The van der Waals surface area contributed by atoms with Crippen molar-refractivity contribution in [2.45, 2.75) is 12.8 Å². The SMILES string of the molecule is COc1cccc2c1N(C(C)=O)C[C@H]1CNC[C@@H]21. The molecule has 0 aromatic heterocycles. The molecule has 4 nitrogen and oxygen atoms in total. The normalized spacial score (nSPS) is 25.6. The monoisotopic (exact) mass is 246 g/mol. The number of rotatable bonds is 1. The Morgan fingerprint density at radius 2 is 2.28 bits per heavy atom. The first-order valence-corrected chi connectivity index (χ1v) is 6.38. The molecule has 0 aliphatic carbocycles. The topological polar surface area (TPSA) is 41.6 Å². The van der Waals surface area contributed by atoms with Crippen LogP contribution in [0.4, 0.5) is 5.69 Å². The van der Waals surface area contributed by atoms with Gasteiger partial charge in [0.25, 0.3) is 0 Å². The summed E-state index contributed by atoms with van der Waals surface area (Å²) in [5, 5.41) is 3.42. The summed E-state index contributed by atoms with van der Waals surface area (Å²) in [4.78, 5) is 13.7. The summed E-state index contributed by atoms with van der Waals surface area (Å²) in [7, 11) is 1.66. The largest absolute Gasteiger partial charge is 0.495 e. The molecule has 1 aromatic carbocycles. The van der Waals surface area contributed by atoms with E-state index >= 15 is 0 Å². The van der Waals surface area contributed by atoms with Gasteiger partial charge < -0.3 is 15.0 Å². The zero-order valence-corrected chi connectivity index (χ0v) is 10.8. The van der Waals surface area contributed by atoms with Crippen LogP contribution in [0.5, 0.6) is 5.75 Å². The summed E-state index contributed by atoms with van der Waals surface area (Å²) in [6, 6.07) is 6.06. The Labute approximate surface area is 107 Å². The first-order chi connectivity index (χ1) is 8.72. The van der Waals surface area contributed by atoms with Gasteiger partial charge in [-0.15, -0.1) is 0 Å². The van der Waals surface area contributed by atoms with Crippen molar-refractivity contribution >= 4 is 11.6 Å². The van der Waals surface area contributed by atoms with E-state index in [1.54, 1.807) is 14.0 Å². The Balaban J connectivity index is 2.15. The summed E-state index contributed by atoms with van der Waals surface area (Å²) in [6.07, 6.45) is 0. The molecular formula is C14H18N2O2. The summed E-state index contributed by atoms with van der Waals surface area (Å²) in [6.45, 7) is 4.40. The second-order valence-corrected chi connectivity index (χ2v) is 5.05. The van der Waals surface area contributed by atoms with Gasteiger partial charge in [-0.25, -0.2) is 0 Å². The lowest BCUT2D eigenvalue weighted by atomic mass is 9.83. The van der Waals surface area contributed by atoms with E-state index in [2.05, 4.69) is 11.4 Å². The molecule has 18 heavy (non-hydrogen) atoms. The van der Waals surface area contributed by atoms with Crippen LogP contribution in [-0.2, 0) is 4.79 Å². The van der Waals surface area contributed by atoms with Crippen molar-refractivity contribution in [2.24, 2.45) is 5.92 Å². The van der Waals surface area contributed by atoms with Gasteiger partial charge in [-0.3, -0.25) is 4.79 Å². The average molecular weight is 246 g/mol. The van der Waals surface area contributed by atoms with Crippen LogP contribution in [0.1, 0.15) is 18.4 Å². The third kappa shape index (κ3) is 1.60. The van der Waals surface area contributed by atoms with E-state index in [0.717, 1.165) is 31.1 Å². The molecule has 1 N–H and O–H groups in total. The minimum Gasteiger partial charge on any atom is -0.495 e. The van der Waals surface area contributed by atoms with Crippen LogP contribution in [0, 0.1) is 5.92 Å². The maximum Gasteiger partial charge on any atom is 0.223 e. The Morgan fingerprint density at radius 1 is 1.44 bits per heavy atom. The zero-order valence-electron chi connectivity index (χ0n) is 10.8. The van der Waals surface area contributed by atoms with Crippen molar-refractivity contribution in [1.29, 1.82) is 0 Å². The van der Waals surface area contributed by atoms with Gasteiger partial charge in [0.05, 0.1) is 12.8 Å². The van der Waals surface area contributed by atoms with Crippen LogP contribution in [0.3, 0.4) is 0 Å². The van der Waals surface area contributed by atoms with E-state index in [1.165, 1.54) is 5.56 Å². The van der Waals surface area contributed by atoms with Crippen LogP contribution < -0.4 is 15.0 Å². The van der Waals surface area contributed by atoms with Crippen molar-refractivity contribution in [1.82, 2.24) is 5.32 Å². The number of nitrogens with zero attached hydrogens (tertiary/aromatic N) is 1. The van der Waals surface area contributed by atoms with E-state index < -0.39 is 0 Å². The van der Waals surface area contributed by atoms with E-state index in [-0.39, 0.29) is 5.91 Å². The standard InChI is InChI=1S/C14H18N2O2/c1-9(17)16-8-10-6-15-7-12(10)11-4-3-5-13(18-2)14(11)16/h3-5,10,12,15H,6-8H2,1-2H3/t10-,12-/m1/s1. The number of carbonyl (C=O) groups excluding carboxylic acids is 1. The van der Waals surface area contributed by atoms with Crippen molar-refractivity contribution in [3.63, 3.8) is 0 Å². The number of benzene rings is 1. The average Bonchev–Trinajstić information content (AvgIpc) is 2.85. The van der Waals surface area contributed by atoms with E-state index in [1.807, 2.05) is 17.0 Å². The number of anilines is 1. The fourth-order valence-corrected chi connectivity index (χ4v) is 3.19. The predicted molar refractivity (Wildman–Crippen MR) is 70.1 cm³/mol. The van der Waals surface area contributed by atoms with E-state index in [4.69, 9.17) is 4.74 Å². The molecule has 1 amide bonds. The molecule has 1 fully saturated rings. The summed E-state index contributed by atoms with van der Waals surface area (Å²) in [5.74, 6) is 1.92. The second-order valence-electron chi connectivity index (χ2n) is 5.05. The summed E-state index contributed by atoms with van der Waals surface area (Å²) in [5.41, 5.74) is 2.21. The lowest BCUT2D eigenvalue weighted by molar-refractivity contribution is -0.116. The van der Waals surface area contributed by atoms with Crippen LogP contribution in [0.25, 0.3) is 0 Å². The smallest absolute Gasteiger partial charge is 0.223 e. The maximum absolute atomic E-state index is 11.9. The molecule has 3 rings (SSSR count). The maximum atomic E-state index is 11.9. The number of ether oxygens (including phenoxy) is 1. The van der Waals surface area contributed by atoms with Gasteiger partial charge in [-0.1, -0.05) is 12.1 Å². The highest BCUT2D eigenvalue weighted by Crippen LogP contribution is 2.45. The Bertz CT molecular complexity index is 487. The lowest BCUT2D eigenvalue weighted by Gasteiger charge is -2.36. The van der Waals surface area contributed by atoms with Crippen molar-refractivity contribution < 1.29 is 9.53 Å². The highest BCUT2D eigenvalue weighted by Gasteiger charge is 2.39. The van der Waals surface area contributed by atoms with Gasteiger partial charge in [-0.05, 0) is 17.5 Å². The predicted octanol–water partition coefficient (Wildman–Crippen LogP) is 1.36. The minimum absolute atomic E-state index is 0.0890. The fraction of sp³-hybridized carbons (Fsp3) is 0.500.